The lowest BCUT2D eigenvalue weighted by molar-refractivity contribution is -0.132. The van der Waals surface area contributed by atoms with E-state index in [9.17, 15) is 9.59 Å². The summed E-state index contributed by atoms with van der Waals surface area (Å²) in [6.45, 7) is 5.18. The first-order valence-corrected chi connectivity index (χ1v) is 6.03. The third kappa shape index (κ3) is 4.22. The van der Waals surface area contributed by atoms with Gasteiger partial charge in [-0.3, -0.25) is 4.79 Å². The van der Waals surface area contributed by atoms with Crippen molar-refractivity contribution in [3.05, 3.63) is 0 Å². The second kappa shape index (κ2) is 7.11. The van der Waals surface area contributed by atoms with Crippen LogP contribution in [0.2, 0.25) is 0 Å². The standard InChI is InChI=1S/C11H21N3O3/c1-3-17-11(16)14-8-6-13(7-9-14)10(15)4-5-12-2/h12H,3-9H2,1-2H3. The number of amides is 2. The lowest BCUT2D eigenvalue weighted by Crippen LogP contribution is -2.51. The average molecular weight is 243 g/mol. The number of nitrogens with one attached hydrogen (secondary N) is 1. The zero-order valence-corrected chi connectivity index (χ0v) is 10.6. The lowest BCUT2D eigenvalue weighted by atomic mass is 10.3. The summed E-state index contributed by atoms with van der Waals surface area (Å²) in [5, 5.41) is 2.95. The normalized spacial score (nSPS) is 15.9. The fourth-order valence-corrected chi connectivity index (χ4v) is 1.74. The fraction of sp³-hybridized carbons (Fsp3) is 0.818. The molecule has 0 aliphatic carbocycles. The number of piperazine rings is 1. The molecule has 98 valence electrons. The van der Waals surface area contributed by atoms with E-state index in [0.717, 1.165) is 0 Å². The quantitative estimate of drug-likeness (QED) is 0.749. The van der Waals surface area contributed by atoms with E-state index >= 15 is 0 Å². The van der Waals surface area contributed by atoms with Crippen molar-refractivity contribution >= 4 is 12.0 Å². The SMILES string of the molecule is CCOC(=O)N1CCN(C(=O)CCNC)CC1. The Hall–Kier alpha value is -1.30. The van der Waals surface area contributed by atoms with E-state index in [-0.39, 0.29) is 12.0 Å². The molecule has 0 atom stereocenters. The lowest BCUT2D eigenvalue weighted by Gasteiger charge is -2.34. The predicted octanol–water partition coefficient (Wildman–Crippen LogP) is -0.103. The van der Waals surface area contributed by atoms with E-state index in [0.29, 0.717) is 45.8 Å². The maximum Gasteiger partial charge on any atom is 0.409 e. The molecule has 0 spiro atoms. The van der Waals surface area contributed by atoms with Crippen LogP contribution in [0, 0.1) is 0 Å². The van der Waals surface area contributed by atoms with E-state index in [1.54, 1.807) is 16.7 Å². The highest BCUT2D eigenvalue weighted by atomic mass is 16.6. The van der Waals surface area contributed by atoms with Gasteiger partial charge in [-0.15, -0.1) is 0 Å². The molecule has 1 heterocycles. The Morgan fingerprint density at radius 1 is 1.18 bits per heavy atom. The second-order valence-corrected chi connectivity index (χ2v) is 3.92. The molecule has 1 N–H and O–H groups in total. The summed E-state index contributed by atoms with van der Waals surface area (Å²) in [6.07, 6.45) is 0.227. The minimum absolute atomic E-state index is 0.142. The summed E-state index contributed by atoms with van der Waals surface area (Å²) in [5.41, 5.74) is 0. The van der Waals surface area contributed by atoms with Gasteiger partial charge in [-0.1, -0.05) is 0 Å². The Balaban J connectivity index is 2.30. The van der Waals surface area contributed by atoms with Crippen molar-refractivity contribution in [3.63, 3.8) is 0 Å². The summed E-state index contributed by atoms with van der Waals surface area (Å²) >= 11 is 0. The maximum absolute atomic E-state index is 11.7. The Morgan fingerprint density at radius 2 is 1.76 bits per heavy atom. The van der Waals surface area contributed by atoms with Gasteiger partial charge in [0.15, 0.2) is 0 Å². The molecule has 2 amide bonds. The highest BCUT2D eigenvalue weighted by molar-refractivity contribution is 5.77. The van der Waals surface area contributed by atoms with Crippen molar-refractivity contribution in [2.75, 3.05) is 46.4 Å². The van der Waals surface area contributed by atoms with Gasteiger partial charge in [0.2, 0.25) is 5.91 Å². The number of rotatable bonds is 4. The van der Waals surface area contributed by atoms with Crippen LogP contribution in [0.15, 0.2) is 0 Å². The molecule has 1 saturated heterocycles. The Kier molecular flexibility index (Phi) is 5.76. The molecular weight excluding hydrogens is 222 g/mol. The van der Waals surface area contributed by atoms with Crippen LogP contribution >= 0.6 is 0 Å². The summed E-state index contributed by atoms with van der Waals surface area (Å²) in [4.78, 5) is 26.6. The van der Waals surface area contributed by atoms with E-state index in [4.69, 9.17) is 4.74 Å². The maximum atomic E-state index is 11.7. The molecule has 17 heavy (non-hydrogen) atoms. The van der Waals surface area contributed by atoms with Gasteiger partial charge >= 0.3 is 6.09 Å². The third-order valence-electron chi connectivity index (χ3n) is 2.75. The van der Waals surface area contributed by atoms with Gasteiger partial charge < -0.3 is 19.9 Å². The predicted molar refractivity (Wildman–Crippen MR) is 63.7 cm³/mol. The monoisotopic (exact) mass is 243 g/mol. The summed E-state index contributed by atoms with van der Waals surface area (Å²) in [6, 6.07) is 0. The molecule has 6 heteroatoms. The number of hydrogen-bond donors (Lipinski definition) is 1. The zero-order valence-electron chi connectivity index (χ0n) is 10.6. The van der Waals surface area contributed by atoms with Crippen LogP contribution in [0.5, 0.6) is 0 Å². The van der Waals surface area contributed by atoms with Crippen molar-refractivity contribution in [1.82, 2.24) is 15.1 Å². The fourth-order valence-electron chi connectivity index (χ4n) is 1.74. The molecule has 0 aromatic heterocycles. The number of carbonyl (C=O) groups excluding carboxylic acids is 2. The first-order valence-electron chi connectivity index (χ1n) is 6.03. The van der Waals surface area contributed by atoms with Crippen molar-refractivity contribution in [3.8, 4) is 0 Å². The van der Waals surface area contributed by atoms with Crippen LogP contribution in [0.3, 0.4) is 0 Å². The first-order chi connectivity index (χ1) is 8.19. The molecule has 0 aromatic carbocycles. The Bertz CT molecular complexity index is 263. The van der Waals surface area contributed by atoms with Gasteiger partial charge in [-0.2, -0.15) is 0 Å². The van der Waals surface area contributed by atoms with Crippen LogP contribution in [-0.4, -0.2) is 68.2 Å². The highest BCUT2D eigenvalue weighted by Gasteiger charge is 2.24. The molecule has 0 radical (unpaired) electrons. The number of hydrogen-bond acceptors (Lipinski definition) is 4. The molecule has 1 aliphatic rings. The van der Waals surface area contributed by atoms with Crippen molar-refractivity contribution < 1.29 is 14.3 Å². The zero-order chi connectivity index (χ0) is 12.7. The van der Waals surface area contributed by atoms with Crippen molar-refractivity contribution in [2.45, 2.75) is 13.3 Å². The minimum atomic E-state index is -0.283. The summed E-state index contributed by atoms with van der Waals surface area (Å²) < 4.78 is 4.92. The number of nitrogens with zero attached hydrogens (tertiary/aromatic N) is 2. The molecule has 0 saturated carbocycles. The van der Waals surface area contributed by atoms with Gasteiger partial charge in [0.1, 0.15) is 0 Å². The van der Waals surface area contributed by atoms with E-state index < -0.39 is 0 Å². The molecule has 1 aliphatic heterocycles. The first kappa shape index (κ1) is 13.8. The molecule has 1 fully saturated rings. The topological polar surface area (TPSA) is 61.9 Å². The van der Waals surface area contributed by atoms with Crippen LogP contribution < -0.4 is 5.32 Å². The highest BCUT2D eigenvalue weighted by Crippen LogP contribution is 2.05. The molecule has 0 aromatic rings. The van der Waals surface area contributed by atoms with Crippen LogP contribution in [0.1, 0.15) is 13.3 Å². The molecule has 1 rings (SSSR count). The Morgan fingerprint density at radius 3 is 2.29 bits per heavy atom. The van der Waals surface area contributed by atoms with E-state index in [1.165, 1.54) is 0 Å². The van der Waals surface area contributed by atoms with Crippen LogP contribution in [0.4, 0.5) is 4.79 Å². The third-order valence-corrected chi connectivity index (χ3v) is 2.75. The van der Waals surface area contributed by atoms with Crippen LogP contribution in [0.25, 0.3) is 0 Å². The largest absolute Gasteiger partial charge is 0.450 e. The average Bonchev–Trinajstić information content (AvgIpc) is 2.36. The van der Waals surface area contributed by atoms with Crippen molar-refractivity contribution in [2.24, 2.45) is 0 Å². The van der Waals surface area contributed by atoms with Gasteiger partial charge in [-0.05, 0) is 14.0 Å². The number of ether oxygens (including phenoxy) is 1. The van der Waals surface area contributed by atoms with Crippen molar-refractivity contribution in [1.29, 1.82) is 0 Å². The van der Waals surface area contributed by atoms with E-state index in [1.807, 2.05) is 7.05 Å². The Labute approximate surface area is 102 Å². The van der Waals surface area contributed by atoms with Gasteiger partial charge in [0.25, 0.3) is 0 Å². The summed E-state index contributed by atoms with van der Waals surface area (Å²) in [7, 11) is 1.83. The molecular formula is C11H21N3O3. The van der Waals surface area contributed by atoms with E-state index in [2.05, 4.69) is 5.32 Å². The minimum Gasteiger partial charge on any atom is -0.450 e. The molecule has 6 nitrogen and oxygen atoms in total. The van der Waals surface area contributed by atoms with Gasteiger partial charge in [0, 0.05) is 39.1 Å². The number of carbonyl (C=O) groups is 2. The van der Waals surface area contributed by atoms with Gasteiger partial charge in [0.05, 0.1) is 6.61 Å². The second-order valence-electron chi connectivity index (χ2n) is 3.92. The molecule has 0 bridgehead atoms. The van der Waals surface area contributed by atoms with Gasteiger partial charge in [-0.25, -0.2) is 4.79 Å². The molecule has 0 unspecified atom stereocenters. The smallest absolute Gasteiger partial charge is 0.409 e. The summed E-state index contributed by atoms with van der Waals surface area (Å²) in [5.74, 6) is 0.142. The van der Waals surface area contributed by atoms with Crippen LogP contribution in [-0.2, 0) is 9.53 Å².